The largest absolute Gasteiger partial charge is 0.301 e. The summed E-state index contributed by atoms with van der Waals surface area (Å²) in [4.78, 5) is 4.84. The molecule has 4 heteroatoms. The topological polar surface area (TPSA) is 21.3 Å². The van der Waals surface area contributed by atoms with Crippen LogP contribution in [0.2, 0.25) is 0 Å². The summed E-state index contributed by atoms with van der Waals surface area (Å²) in [6.45, 7) is 3.88. The van der Waals surface area contributed by atoms with Gasteiger partial charge in [0.2, 0.25) is 0 Å². The zero-order valence-corrected chi connectivity index (χ0v) is 7.80. The van der Waals surface area contributed by atoms with Crippen LogP contribution in [-0.2, 0) is 4.84 Å². The lowest BCUT2D eigenvalue weighted by Crippen LogP contribution is -2.19. The number of hydrogen-bond donors (Lipinski definition) is 1. The predicted molar refractivity (Wildman–Crippen MR) is 50.7 cm³/mol. The molecule has 0 spiro atoms. The zero-order valence-electron chi connectivity index (χ0n) is 7.80. The van der Waals surface area contributed by atoms with Gasteiger partial charge in [0.25, 0.3) is 0 Å². The highest BCUT2D eigenvalue weighted by molar-refractivity contribution is 5.18. The maximum atomic E-state index is 13.1. The lowest BCUT2D eigenvalue weighted by atomic mass is 10.1. The normalized spacial score (nSPS) is 24.0. The first-order chi connectivity index (χ1) is 6.72. The zero-order chi connectivity index (χ0) is 10.4. The van der Waals surface area contributed by atoms with Crippen molar-refractivity contribution in [2.75, 3.05) is 6.61 Å². The van der Waals surface area contributed by atoms with Gasteiger partial charge < -0.3 is 4.84 Å². The van der Waals surface area contributed by atoms with Gasteiger partial charge in [-0.05, 0) is 12.5 Å². The Morgan fingerprint density at radius 3 is 2.93 bits per heavy atom. The molecule has 1 saturated heterocycles. The molecule has 1 rings (SSSR count). The maximum absolute atomic E-state index is 13.1. The minimum Gasteiger partial charge on any atom is -0.301 e. The van der Waals surface area contributed by atoms with Crippen LogP contribution in [0, 0.1) is 0 Å². The highest BCUT2D eigenvalue weighted by Gasteiger charge is 2.16. The molecule has 0 aliphatic carbocycles. The quantitative estimate of drug-likeness (QED) is 0.706. The van der Waals surface area contributed by atoms with Gasteiger partial charge in [-0.25, -0.2) is 8.78 Å². The molecule has 1 unspecified atom stereocenters. The Morgan fingerprint density at radius 1 is 1.57 bits per heavy atom. The minimum atomic E-state index is -0.628. The van der Waals surface area contributed by atoms with E-state index in [1.165, 1.54) is 6.08 Å². The van der Waals surface area contributed by atoms with Crippen LogP contribution in [0.1, 0.15) is 12.8 Å². The number of hydroxylamine groups is 1. The highest BCUT2D eigenvalue weighted by atomic mass is 19.1. The molecule has 2 nitrogen and oxygen atoms in total. The molecule has 0 radical (unpaired) electrons. The molecule has 0 bridgehead atoms. The van der Waals surface area contributed by atoms with E-state index in [0.717, 1.165) is 18.6 Å². The van der Waals surface area contributed by atoms with Crippen molar-refractivity contribution in [3.8, 4) is 0 Å². The number of allylic oxidation sites excluding steroid dienone is 4. The van der Waals surface area contributed by atoms with E-state index >= 15 is 0 Å². The van der Waals surface area contributed by atoms with E-state index in [0.29, 0.717) is 6.61 Å². The molecule has 1 aliphatic rings. The molecule has 1 fully saturated rings. The van der Waals surface area contributed by atoms with Crippen molar-refractivity contribution in [3.05, 3.63) is 36.5 Å². The summed E-state index contributed by atoms with van der Waals surface area (Å²) in [6, 6.07) is -0.0530. The molecule has 0 amide bonds. The lowest BCUT2D eigenvalue weighted by Gasteiger charge is -2.04. The number of nitrogens with one attached hydrogen (secondary N) is 1. The van der Waals surface area contributed by atoms with Crippen molar-refractivity contribution in [2.24, 2.45) is 0 Å². The summed E-state index contributed by atoms with van der Waals surface area (Å²) in [5.41, 5.74) is 2.65. The number of hydrogen-bond acceptors (Lipinski definition) is 2. The molecular formula is C10H13F2NO. The second kappa shape index (κ2) is 5.67. The van der Waals surface area contributed by atoms with Gasteiger partial charge in [-0.15, -0.1) is 0 Å². The first-order valence-electron chi connectivity index (χ1n) is 4.44. The summed E-state index contributed by atoms with van der Waals surface area (Å²) in [5, 5.41) is 0. The predicted octanol–water partition coefficient (Wildman–Crippen LogP) is 2.56. The molecule has 14 heavy (non-hydrogen) atoms. The first kappa shape index (κ1) is 11.1. The monoisotopic (exact) mass is 201 g/mol. The van der Waals surface area contributed by atoms with Crippen molar-refractivity contribution in [1.29, 1.82) is 0 Å². The van der Waals surface area contributed by atoms with Crippen LogP contribution in [0.25, 0.3) is 0 Å². The van der Waals surface area contributed by atoms with E-state index in [9.17, 15) is 8.78 Å². The van der Waals surface area contributed by atoms with E-state index in [2.05, 4.69) is 12.1 Å². The van der Waals surface area contributed by atoms with Crippen LogP contribution in [0.15, 0.2) is 36.5 Å². The van der Waals surface area contributed by atoms with Crippen LogP contribution >= 0.6 is 0 Å². The smallest absolute Gasteiger partial charge is 0.125 e. The Hall–Kier alpha value is -1.00. The van der Waals surface area contributed by atoms with Gasteiger partial charge in [-0.2, -0.15) is 5.48 Å². The van der Waals surface area contributed by atoms with E-state index in [1.54, 1.807) is 0 Å². The SMILES string of the molecule is C=C/C=C(F)\C=C(\F)CC1CCON1. The molecule has 0 saturated carbocycles. The minimum absolute atomic E-state index is 0.0530. The van der Waals surface area contributed by atoms with E-state index in [4.69, 9.17) is 4.84 Å². The first-order valence-corrected chi connectivity index (χ1v) is 4.44. The molecule has 1 heterocycles. The Morgan fingerprint density at radius 2 is 2.36 bits per heavy atom. The van der Waals surface area contributed by atoms with Crippen molar-refractivity contribution in [2.45, 2.75) is 18.9 Å². The van der Waals surface area contributed by atoms with Crippen LogP contribution in [0.4, 0.5) is 8.78 Å². The number of rotatable bonds is 4. The van der Waals surface area contributed by atoms with Crippen LogP contribution < -0.4 is 5.48 Å². The van der Waals surface area contributed by atoms with Crippen LogP contribution in [-0.4, -0.2) is 12.6 Å². The third-order valence-corrected chi connectivity index (χ3v) is 1.83. The summed E-state index contributed by atoms with van der Waals surface area (Å²) < 4.78 is 25.8. The van der Waals surface area contributed by atoms with Crippen LogP contribution in [0.5, 0.6) is 0 Å². The van der Waals surface area contributed by atoms with Crippen molar-refractivity contribution < 1.29 is 13.6 Å². The average molecular weight is 201 g/mol. The van der Waals surface area contributed by atoms with Gasteiger partial charge in [0.05, 0.1) is 6.61 Å². The fourth-order valence-corrected chi connectivity index (χ4v) is 1.19. The third kappa shape index (κ3) is 3.81. The van der Waals surface area contributed by atoms with E-state index in [-0.39, 0.29) is 12.5 Å². The summed E-state index contributed by atoms with van der Waals surface area (Å²) >= 11 is 0. The molecule has 1 N–H and O–H groups in total. The van der Waals surface area contributed by atoms with Crippen molar-refractivity contribution in [3.63, 3.8) is 0 Å². The Balaban J connectivity index is 2.43. The lowest BCUT2D eigenvalue weighted by molar-refractivity contribution is 0.0874. The number of halogens is 2. The summed E-state index contributed by atoms with van der Waals surface area (Å²) in [6.07, 6.45) is 4.14. The van der Waals surface area contributed by atoms with Crippen LogP contribution in [0.3, 0.4) is 0 Å². The Bertz CT molecular complexity index is 255. The maximum Gasteiger partial charge on any atom is 0.125 e. The van der Waals surface area contributed by atoms with Crippen molar-refractivity contribution >= 4 is 0 Å². The molecule has 0 aromatic rings. The van der Waals surface area contributed by atoms with Crippen molar-refractivity contribution in [1.82, 2.24) is 5.48 Å². The fourth-order valence-electron chi connectivity index (χ4n) is 1.19. The second-order valence-corrected chi connectivity index (χ2v) is 3.03. The average Bonchev–Trinajstić information content (AvgIpc) is 2.56. The molecule has 78 valence electrons. The Labute approximate surface area is 81.9 Å². The molecule has 1 aliphatic heterocycles. The molecule has 0 aromatic carbocycles. The van der Waals surface area contributed by atoms with Gasteiger partial charge >= 0.3 is 0 Å². The second-order valence-electron chi connectivity index (χ2n) is 3.03. The van der Waals surface area contributed by atoms with E-state index < -0.39 is 11.7 Å². The van der Waals surface area contributed by atoms with Gasteiger partial charge in [-0.3, -0.25) is 0 Å². The highest BCUT2D eigenvalue weighted by Crippen LogP contribution is 2.15. The van der Waals surface area contributed by atoms with Gasteiger partial charge in [0, 0.05) is 18.5 Å². The Kier molecular flexibility index (Phi) is 4.49. The van der Waals surface area contributed by atoms with Gasteiger partial charge in [0.15, 0.2) is 0 Å². The molecular weight excluding hydrogens is 188 g/mol. The third-order valence-electron chi connectivity index (χ3n) is 1.83. The standard InChI is InChI=1S/C10H13F2NO/c1-2-3-8(11)6-9(12)7-10-4-5-14-13-10/h2-3,6,10,13H,1,4-5,7H2/b8-3+,9-6+. The van der Waals surface area contributed by atoms with E-state index in [1.807, 2.05) is 0 Å². The molecule has 1 atom stereocenters. The summed E-state index contributed by atoms with van der Waals surface area (Å²) in [7, 11) is 0. The molecule has 0 aromatic heterocycles. The fraction of sp³-hybridized carbons (Fsp3) is 0.400. The summed E-state index contributed by atoms with van der Waals surface area (Å²) in [5.74, 6) is -1.12. The van der Waals surface area contributed by atoms with Gasteiger partial charge in [0.1, 0.15) is 11.7 Å². The van der Waals surface area contributed by atoms with Gasteiger partial charge in [-0.1, -0.05) is 12.7 Å².